The third-order valence-corrected chi connectivity index (χ3v) is 2.01. The lowest BCUT2D eigenvalue weighted by molar-refractivity contribution is 0.253. The molecule has 0 heterocycles. The lowest BCUT2D eigenvalue weighted by atomic mass is 10.2. The van der Waals surface area contributed by atoms with Gasteiger partial charge in [0.15, 0.2) is 0 Å². The zero-order valence-electron chi connectivity index (χ0n) is 9.74. The fraction of sp³-hybridized carbons (Fsp3) is 0.250. The zero-order valence-corrected chi connectivity index (χ0v) is 9.74. The van der Waals surface area contributed by atoms with Gasteiger partial charge in [-0.2, -0.15) is 0 Å². The van der Waals surface area contributed by atoms with Gasteiger partial charge in [-0.05, 0) is 12.1 Å². The maximum absolute atomic E-state index is 11.4. The number of benzene rings is 1. The van der Waals surface area contributed by atoms with Crippen molar-refractivity contribution in [3.8, 4) is 23.8 Å². The molecule has 0 aromatic heterocycles. The van der Waals surface area contributed by atoms with Crippen LogP contribution >= 0.6 is 0 Å². The van der Waals surface area contributed by atoms with Crippen molar-refractivity contribution < 1.29 is 14.3 Å². The summed E-state index contributed by atoms with van der Waals surface area (Å²) in [5, 5.41) is 5.11. The molecule has 0 fully saturated rings. The maximum Gasteiger partial charge on any atom is 0.320 e. The van der Waals surface area contributed by atoms with Crippen molar-refractivity contribution in [1.82, 2.24) is 5.32 Å². The van der Waals surface area contributed by atoms with E-state index in [4.69, 9.17) is 15.9 Å². The predicted molar refractivity (Wildman–Crippen MR) is 65.4 cm³/mol. The highest BCUT2D eigenvalue weighted by molar-refractivity contribution is 5.91. The molecule has 0 aliphatic carbocycles. The van der Waals surface area contributed by atoms with Gasteiger partial charge in [0, 0.05) is 6.07 Å². The lowest BCUT2D eigenvalue weighted by Crippen LogP contribution is -2.29. The molecular weight excluding hydrogens is 220 g/mol. The normalized spacial score (nSPS) is 9.00. The molecule has 0 aliphatic rings. The Morgan fingerprint density at radius 2 is 2.18 bits per heavy atom. The van der Waals surface area contributed by atoms with Crippen molar-refractivity contribution in [2.75, 3.05) is 26.1 Å². The van der Waals surface area contributed by atoms with Crippen LogP contribution in [0.4, 0.5) is 10.5 Å². The smallest absolute Gasteiger partial charge is 0.320 e. The van der Waals surface area contributed by atoms with Crippen molar-refractivity contribution in [3.05, 3.63) is 18.2 Å². The summed E-state index contributed by atoms with van der Waals surface area (Å²) in [6, 6.07) is 4.71. The van der Waals surface area contributed by atoms with Gasteiger partial charge in [0.2, 0.25) is 0 Å². The molecule has 0 spiro atoms. The average Bonchev–Trinajstić information content (AvgIpc) is 2.36. The zero-order chi connectivity index (χ0) is 12.7. The van der Waals surface area contributed by atoms with Gasteiger partial charge in [0.1, 0.15) is 11.5 Å². The van der Waals surface area contributed by atoms with E-state index in [2.05, 4.69) is 16.6 Å². The first kappa shape index (κ1) is 12.7. The topological polar surface area (TPSA) is 59.6 Å². The van der Waals surface area contributed by atoms with Gasteiger partial charge in [-0.1, -0.05) is 5.92 Å². The Balaban J connectivity index is 2.80. The summed E-state index contributed by atoms with van der Waals surface area (Å²) in [5.74, 6) is 3.47. The fourth-order valence-corrected chi connectivity index (χ4v) is 1.21. The molecule has 17 heavy (non-hydrogen) atoms. The van der Waals surface area contributed by atoms with Gasteiger partial charge >= 0.3 is 6.03 Å². The number of terminal acetylenes is 1. The van der Waals surface area contributed by atoms with Crippen molar-refractivity contribution in [2.45, 2.75) is 0 Å². The van der Waals surface area contributed by atoms with E-state index in [1.165, 1.54) is 7.11 Å². The number of nitrogens with one attached hydrogen (secondary N) is 2. The van der Waals surface area contributed by atoms with Crippen LogP contribution < -0.4 is 20.1 Å². The Morgan fingerprint density at radius 3 is 2.76 bits per heavy atom. The average molecular weight is 234 g/mol. The van der Waals surface area contributed by atoms with Gasteiger partial charge in [-0.3, -0.25) is 0 Å². The van der Waals surface area contributed by atoms with Crippen LogP contribution in [0.25, 0.3) is 0 Å². The molecular formula is C12H14N2O3. The molecule has 2 amide bonds. The molecule has 2 N–H and O–H groups in total. The van der Waals surface area contributed by atoms with E-state index < -0.39 is 6.03 Å². The molecule has 1 rings (SSSR count). The molecule has 5 heteroatoms. The number of hydrogen-bond donors (Lipinski definition) is 2. The molecule has 0 atom stereocenters. The van der Waals surface area contributed by atoms with E-state index in [-0.39, 0.29) is 6.54 Å². The molecule has 1 aromatic carbocycles. The lowest BCUT2D eigenvalue weighted by Gasteiger charge is -2.11. The number of anilines is 1. The van der Waals surface area contributed by atoms with Gasteiger partial charge in [-0.15, -0.1) is 6.42 Å². The highest BCUT2D eigenvalue weighted by Crippen LogP contribution is 2.28. The van der Waals surface area contributed by atoms with E-state index in [1.54, 1.807) is 25.3 Å². The number of hydrogen-bond acceptors (Lipinski definition) is 3. The Bertz CT molecular complexity index is 438. The van der Waals surface area contributed by atoms with E-state index in [1.807, 2.05) is 0 Å². The monoisotopic (exact) mass is 234 g/mol. The van der Waals surface area contributed by atoms with Crippen molar-refractivity contribution in [3.63, 3.8) is 0 Å². The third-order valence-electron chi connectivity index (χ3n) is 2.01. The Hall–Kier alpha value is -2.35. The van der Waals surface area contributed by atoms with E-state index >= 15 is 0 Å². The Labute approximate surface area is 100 Å². The van der Waals surface area contributed by atoms with Gasteiger partial charge in [-0.25, -0.2) is 4.79 Å². The molecule has 0 saturated heterocycles. The van der Waals surface area contributed by atoms with Crippen LogP contribution in [0.2, 0.25) is 0 Å². The number of rotatable bonds is 4. The fourth-order valence-electron chi connectivity index (χ4n) is 1.21. The van der Waals surface area contributed by atoms with Crippen LogP contribution in [-0.4, -0.2) is 26.8 Å². The van der Waals surface area contributed by atoms with Crippen LogP contribution in [0.5, 0.6) is 11.5 Å². The number of amides is 2. The standard InChI is InChI=1S/C12H14N2O3/c1-4-7-13-12(15)14-10-8-9(16-2)5-6-11(10)17-3/h1,5-6,8H,7H2,2-3H3,(H2,13,14,15). The highest BCUT2D eigenvalue weighted by Gasteiger charge is 2.07. The molecule has 0 unspecified atom stereocenters. The summed E-state index contributed by atoms with van der Waals surface area (Å²) in [7, 11) is 3.07. The first-order valence-electron chi connectivity index (χ1n) is 4.91. The van der Waals surface area contributed by atoms with Crippen molar-refractivity contribution in [1.29, 1.82) is 0 Å². The quantitative estimate of drug-likeness (QED) is 0.775. The minimum atomic E-state index is -0.394. The van der Waals surface area contributed by atoms with E-state index in [9.17, 15) is 4.79 Å². The van der Waals surface area contributed by atoms with Gasteiger partial charge in [0.25, 0.3) is 0 Å². The molecule has 1 aromatic rings. The van der Waals surface area contributed by atoms with Crippen LogP contribution in [0, 0.1) is 12.3 Å². The van der Waals surface area contributed by atoms with Crippen LogP contribution in [0.1, 0.15) is 0 Å². The number of carbonyl (C=O) groups excluding carboxylic acids is 1. The number of ether oxygens (including phenoxy) is 2. The Morgan fingerprint density at radius 1 is 1.41 bits per heavy atom. The van der Waals surface area contributed by atoms with Crippen molar-refractivity contribution in [2.24, 2.45) is 0 Å². The summed E-state index contributed by atoms with van der Waals surface area (Å²) >= 11 is 0. The summed E-state index contributed by atoms with van der Waals surface area (Å²) in [5.41, 5.74) is 0.515. The van der Waals surface area contributed by atoms with Gasteiger partial charge in [0.05, 0.1) is 26.5 Å². The first-order chi connectivity index (χ1) is 8.21. The number of carbonyl (C=O) groups is 1. The van der Waals surface area contributed by atoms with E-state index in [0.29, 0.717) is 17.2 Å². The second-order valence-corrected chi connectivity index (χ2v) is 3.08. The molecule has 0 saturated carbocycles. The SMILES string of the molecule is C#CCNC(=O)Nc1cc(OC)ccc1OC. The molecule has 0 bridgehead atoms. The largest absolute Gasteiger partial charge is 0.497 e. The second kappa shape index (κ2) is 6.28. The molecule has 0 aliphatic heterocycles. The maximum atomic E-state index is 11.4. The second-order valence-electron chi connectivity index (χ2n) is 3.08. The number of methoxy groups -OCH3 is 2. The molecule has 90 valence electrons. The van der Waals surface area contributed by atoms with Crippen LogP contribution in [0.15, 0.2) is 18.2 Å². The van der Waals surface area contributed by atoms with Crippen LogP contribution in [0.3, 0.4) is 0 Å². The minimum Gasteiger partial charge on any atom is -0.497 e. The summed E-state index contributed by atoms with van der Waals surface area (Å²) in [6.45, 7) is 0.165. The predicted octanol–water partition coefficient (Wildman–Crippen LogP) is 1.46. The summed E-state index contributed by atoms with van der Waals surface area (Å²) in [6.07, 6.45) is 5.03. The summed E-state index contributed by atoms with van der Waals surface area (Å²) in [4.78, 5) is 11.4. The molecule has 5 nitrogen and oxygen atoms in total. The molecule has 0 radical (unpaired) electrons. The first-order valence-corrected chi connectivity index (χ1v) is 4.91. The van der Waals surface area contributed by atoms with Gasteiger partial charge < -0.3 is 20.1 Å². The van der Waals surface area contributed by atoms with Crippen molar-refractivity contribution >= 4 is 11.7 Å². The third kappa shape index (κ3) is 3.61. The highest BCUT2D eigenvalue weighted by atomic mass is 16.5. The summed E-state index contributed by atoms with van der Waals surface area (Å²) < 4.78 is 10.2. The minimum absolute atomic E-state index is 0.165. The van der Waals surface area contributed by atoms with E-state index in [0.717, 1.165) is 0 Å². The van der Waals surface area contributed by atoms with Crippen LogP contribution in [-0.2, 0) is 0 Å². The Kier molecular flexibility index (Phi) is 4.70. The number of urea groups is 1.